The van der Waals surface area contributed by atoms with Crippen LogP contribution in [0.4, 0.5) is 5.69 Å². The maximum atomic E-state index is 12.5. The van der Waals surface area contributed by atoms with E-state index < -0.39 is 22.0 Å². The van der Waals surface area contributed by atoms with Crippen LogP contribution in [-0.4, -0.2) is 81.0 Å². The third-order valence-corrected chi connectivity index (χ3v) is 6.93. The molecular weight excluding hydrogens is 416 g/mol. The van der Waals surface area contributed by atoms with Crippen molar-refractivity contribution in [3.05, 3.63) is 29.3 Å². The number of carbonyl (C=O) groups excluding carboxylic acids is 2. The third-order valence-electron chi connectivity index (χ3n) is 5.40. The molecule has 1 atom stereocenters. The number of amides is 2. The number of anilines is 1. The molecule has 2 fully saturated rings. The number of nitrogens with zero attached hydrogens (tertiary/aromatic N) is 3. The Bertz CT molecular complexity index is 856. The highest BCUT2D eigenvalue weighted by atomic mass is 35.5. The highest BCUT2D eigenvalue weighted by Gasteiger charge is 2.34. The van der Waals surface area contributed by atoms with Gasteiger partial charge in [-0.05, 0) is 31.0 Å². The lowest BCUT2D eigenvalue weighted by molar-refractivity contribution is -0.134. The van der Waals surface area contributed by atoms with Gasteiger partial charge in [-0.25, -0.2) is 8.42 Å². The molecule has 29 heavy (non-hydrogen) atoms. The molecule has 1 aromatic rings. The zero-order valence-corrected chi connectivity index (χ0v) is 18.1. The third kappa shape index (κ3) is 5.61. The number of carbonyl (C=O) groups is 2. The first-order valence-corrected chi connectivity index (χ1v) is 12.0. The van der Waals surface area contributed by atoms with Gasteiger partial charge in [0.25, 0.3) is 0 Å². The fraction of sp³-hybridized carbons (Fsp3) is 0.579. The SMILES string of the molecule is CS(=O)(=O)N1CCCCC1C(=O)NCC(=O)N1CCN(c2cccc(Cl)c2)CC1. The Balaban J connectivity index is 1.49. The molecule has 0 spiro atoms. The number of halogens is 1. The number of nitrogens with one attached hydrogen (secondary N) is 1. The molecule has 2 aliphatic heterocycles. The van der Waals surface area contributed by atoms with Gasteiger partial charge in [-0.15, -0.1) is 0 Å². The van der Waals surface area contributed by atoms with E-state index >= 15 is 0 Å². The summed E-state index contributed by atoms with van der Waals surface area (Å²) in [6.45, 7) is 2.70. The Morgan fingerprint density at radius 2 is 1.86 bits per heavy atom. The summed E-state index contributed by atoms with van der Waals surface area (Å²) in [5.74, 6) is -0.563. The molecular formula is C19H27ClN4O4S. The summed E-state index contributed by atoms with van der Waals surface area (Å²) >= 11 is 6.04. The molecule has 160 valence electrons. The van der Waals surface area contributed by atoms with Crippen molar-refractivity contribution in [3.8, 4) is 0 Å². The first-order valence-electron chi connectivity index (χ1n) is 9.78. The van der Waals surface area contributed by atoms with E-state index in [2.05, 4.69) is 10.2 Å². The van der Waals surface area contributed by atoms with E-state index in [1.54, 1.807) is 4.90 Å². The van der Waals surface area contributed by atoms with Gasteiger partial charge >= 0.3 is 0 Å². The van der Waals surface area contributed by atoms with Crippen molar-refractivity contribution in [1.82, 2.24) is 14.5 Å². The summed E-state index contributed by atoms with van der Waals surface area (Å²) < 4.78 is 25.1. The Morgan fingerprint density at radius 1 is 1.14 bits per heavy atom. The molecule has 2 amide bonds. The number of piperidine rings is 1. The Hall–Kier alpha value is -1.84. The van der Waals surface area contributed by atoms with Gasteiger partial charge in [0.05, 0.1) is 12.8 Å². The number of sulfonamides is 1. The monoisotopic (exact) mass is 442 g/mol. The van der Waals surface area contributed by atoms with E-state index in [-0.39, 0.29) is 12.5 Å². The fourth-order valence-corrected chi connectivity index (χ4v) is 5.15. The maximum Gasteiger partial charge on any atom is 0.242 e. The lowest BCUT2D eigenvalue weighted by Gasteiger charge is -2.36. The molecule has 0 aromatic heterocycles. The molecule has 2 heterocycles. The summed E-state index contributed by atoms with van der Waals surface area (Å²) in [4.78, 5) is 28.9. The first-order chi connectivity index (χ1) is 13.8. The van der Waals surface area contributed by atoms with Crippen LogP contribution in [0.2, 0.25) is 5.02 Å². The Labute approximate surface area is 176 Å². The van der Waals surface area contributed by atoms with Crippen molar-refractivity contribution in [2.45, 2.75) is 25.3 Å². The molecule has 10 heteroatoms. The van der Waals surface area contributed by atoms with Gasteiger partial charge in [-0.2, -0.15) is 4.31 Å². The molecule has 0 saturated carbocycles. The average Bonchev–Trinajstić information content (AvgIpc) is 2.71. The van der Waals surface area contributed by atoms with Crippen LogP contribution >= 0.6 is 11.6 Å². The maximum absolute atomic E-state index is 12.5. The molecule has 1 unspecified atom stereocenters. The van der Waals surface area contributed by atoms with Crippen LogP contribution in [0, 0.1) is 0 Å². The first kappa shape index (κ1) is 21.9. The molecule has 2 saturated heterocycles. The van der Waals surface area contributed by atoms with Crippen LogP contribution in [0.3, 0.4) is 0 Å². The summed E-state index contributed by atoms with van der Waals surface area (Å²) in [7, 11) is -3.45. The van der Waals surface area contributed by atoms with Crippen molar-refractivity contribution in [3.63, 3.8) is 0 Å². The minimum Gasteiger partial charge on any atom is -0.368 e. The number of hydrogen-bond donors (Lipinski definition) is 1. The standard InChI is InChI=1S/C19H27ClN4O4S/c1-29(27,28)24-8-3-2-7-17(24)19(26)21-14-18(25)23-11-9-22(10-12-23)16-6-4-5-15(20)13-16/h4-6,13,17H,2-3,7-12,14H2,1H3,(H,21,26). The smallest absolute Gasteiger partial charge is 0.242 e. The number of hydrogen-bond acceptors (Lipinski definition) is 5. The van der Waals surface area contributed by atoms with Gasteiger partial charge in [0.1, 0.15) is 6.04 Å². The van der Waals surface area contributed by atoms with E-state index in [1.165, 1.54) is 4.31 Å². The van der Waals surface area contributed by atoms with E-state index in [1.807, 2.05) is 24.3 Å². The minimum absolute atomic E-state index is 0.121. The number of piperazine rings is 1. The van der Waals surface area contributed by atoms with Gasteiger partial charge in [0.15, 0.2) is 0 Å². The molecule has 0 bridgehead atoms. The Kier molecular flexibility index (Phi) is 7.02. The van der Waals surface area contributed by atoms with E-state index in [9.17, 15) is 18.0 Å². The summed E-state index contributed by atoms with van der Waals surface area (Å²) in [5.41, 5.74) is 1.02. The van der Waals surface area contributed by atoms with E-state index in [0.29, 0.717) is 44.2 Å². The number of rotatable bonds is 5. The van der Waals surface area contributed by atoms with Gasteiger partial charge in [-0.3, -0.25) is 9.59 Å². The molecule has 2 aliphatic rings. The van der Waals surface area contributed by atoms with Crippen LogP contribution in [0.25, 0.3) is 0 Å². The summed E-state index contributed by atoms with van der Waals surface area (Å²) in [5, 5.41) is 3.31. The molecule has 0 aliphatic carbocycles. The van der Waals surface area contributed by atoms with Crippen molar-refractivity contribution < 1.29 is 18.0 Å². The quantitative estimate of drug-likeness (QED) is 0.732. The normalized spacial score (nSPS) is 21.1. The van der Waals surface area contributed by atoms with Crippen LogP contribution in [0.5, 0.6) is 0 Å². The summed E-state index contributed by atoms with van der Waals surface area (Å²) in [6.07, 6.45) is 3.13. The van der Waals surface area contributed by atoms with Crippen molar-refractivity contribution in [2.75, 3.05) is 50.4 Å². The highest BCUT2D eigenvalue weighted by Crippen LogP contribution is 2.21. The van der Waals surface area contributed by atoms with Crippen LogP contribution in [-0.2, 0) is 19.6 Å². The zero-order valence-electron chi connectivity index (χ0n) is 16.5. The van der Waals surface area contributed by atoms with Gasteiger partial charge in [0, 0.05) is 43.4 Å². The topological polar surface area (TPSA) is 90.0 Å². The van der Waals surface area contributed by atoms with Crippen LogP contribution < -0.4 is 10.2 Å². The van der Waals surface area contributed by atoms with Crippen molar-refractivity contribution in [2.24, 2.45) is 0 Å². The Morgan fingerprint density at radius 3 is 2.52 bits per heavy atom. The lowest BCUT2D eigenvalue weighted by atomic mass is 10.0. The summed E-state index contributed by atoms with van der Waals surface area (Å²) in [6, 6.07) is 6.88. The second-order valence-electron chi connectivity index (χ2n) is 7.45. The molecule has 0 radical (unpaired) electrons. The predicted octanol–water partition coefficient (Wildman–Crippen LogP) is 0.919. The zero-order chi connectivity index (χ0) is 21.0. The predicted molar refractivity (Wildman–Crippen MR) is 112 cm³/mol. The van der Waals surface area contributed by atoms with Crippen LogP contribution in [0.15, 0.2) is 24.3 Å². The van der Waals surface area contributed by atoms with Gasteiger partial charge in [0.2, 0.25) is 21.8 Å². The van der Waals surface area contributed by atoms with Crippen molar-refractivity contribution in [1.29, 1.82) is 0 Å². The fourth-order valence-electron chi connectivity index (χ4n) is 3.84. The lowest BCUT2D eigenvalue weighted by Crippen LogP contribution is -2.54. The minimum atomic E-state index is -3.45. The van der Waals surface area contributed by atoms with E-state index in [0.717, 1.165) is 24.8 Å². The molecule has 1 N–H and O–H groups in total. The molecule has 3 rings (SSSR count). The van der Waals surface area contributed by atoms with Crippen molar-refractivity contribution >= 4 is 39.1 Å². The number of benzene rings is 1. The van der Waals surface area contributed by atoms with Crippen LogP contribution in [0.1, 0.15) is 19.3 Å². The largest absolute Gasteiger partial charge is 0.368 e. The average molecular weight is 443 g/mol. The van der Waals surface area contributed by atoms with Gasteiger partial charge in [-0.1, -0.05) is 24.1 Å². The van der Waals surface area contributed by atoms with Gasteiger partial charge < -0.3 is 15.1 Å². The second kappa shape index (κ2) is 9.32. The second-order valence-corrected chi connectivity index (χ2v) is 9.82. The van der Waals surface area contributed by atoms with E-state index in [4.69, 9.17) is 11.6 Å². The highest BCUT2D eigenvalue weighted by molar-refractivity contribution is 7.88. The molecule has 8 nitrogen and oxygen atoms in total. The molecule has 1 aromatic carbocycles.